The van der Waals surface area contributed by atoms with E-state index in [9.17, 15) is 4.79 Å². The van der Waals surface area contributed by atoms with Gasteiger partial charge in [0.2, 0.25) is 11.8 Å². The van der Waals surface area contributed by atoms with E-state index >= 15 is 0 Å². The average Bonchev–Trinajstić information content (AvgIpc) is 2.82. The van der Waals surface area contributed by atoms with E-state index in [1.165, 1.54) is 0 Å². The molecule has 1 N–H and O–H groups in total. The van der Waals surface area contributed by atoms with Gasteiger partial charge in [0.05, 0.1) is 12.2 Å². The number of amides is 1. The normalized spacial score (nSPS) is 10.5. The van der Waals surface area contributed by atoms with Crippen molar-refractivity contribution < 1.29 is 9.32 Å². The summed E-state index contributed by atoms with van der Waals surface area (Å²) in [6.07, 6.45) is 1.75. The molecule has 2 rings (SSSR count). The molecule has 0 unspecified atom stereocenters. The van der Waals surface area contributed by atoms with Crippen molar-refractivity contribution in [1.82, 2.24) is 20.4 Å². The molecule has 6 nitrogen and oxygen atoms in total. The molecule has 0 aliphatic rings. The van der Waals surface area contributed by atoms with E-state index in [4.69, 9.17) is 4.52 Å². The van der Waals surface area contributed by atoms with Crippen LogP contribution in [0.5, 0.6) is 0 Å². The summed E-state index contributed by atoms with van der Waals surface area (Å²) in [4.78, 5) is 20.1. The van der Waals surface area contributed by atoms with Crippen molar-refractivity contribution in [1.29, 1.82) is 0 Å². The summed E-state index contributed by atoms with van der Waals surface area (Å²) in [5.74, 6) is 1.20. The Bertz CT molecular complexity index is 580. The maximum Gasteiger partial charge on any atom is 0.226 e. The molecule has 0 bridgehead atoms. The van der Waals surface area contributed by atoms with E-state index in [1.54, 1.807) is 6.92 Å². The van der Waals surface area contributed by atoms with Crippen LogP contribution in [0.15, 0.2) is 22.7 Å². The summed E-state index contributed by atoms with van der Waals surface area (Å²) in [7, 11) is 0. The molecule has 0 fully saturated rings. The Kier molecular flexibility index (Phi) is 4.81. The third-order valence-corrected chi connectivity index (χ3v) is 2.78. The number of hydrogen-bond acceptors (Lipinski definition) is 5. The number of aromatic nitrogens is 3. The van der Waals surface area contributed by atoms with Gasteiger partial charge in [-0.3, -0.25) is 9.78 Å². The van der Waals surface area contributed by atoms with Crippen molar-refractivity contribution in [3.8, 4) is 0 Å². The molecule has 2 aromatic heterocycles. The van der Waals surface area contributed by atoms with Gasteiger partial charge in [0, 0.05) is 18.5 Å². The first-order valence-corrected chi connectivity index (χ1v) is 6.62. The van der Waals surface area contributed by atoms with Crippen LogP contribution < -0.4 is 5.32 Å². The number of rotatable bonds is 6. The summed E-state index contributed by atoms with van der Waals surface area (Å²) >= 11 is 0. The van der Waals surface area contributed by atoms with Crippen molar-refractivity contribution >= 4 is 5.91 Å². The second kappa shape index (κ2) is 6.79. The van der Waals surface area contributed by atoms with Crippen LogP contribution in [0.4, 0.5) is 0 Å². The number of carbonyl (C=O) groups is 1. The van der Waals surface area contributed by atoms with Gasteiger partial charge in [-0.2, -0.15) is 4.98 Å². The lowest BCUT2D eigenvalue weighted by Gasteiger charge is -2.04. The van der Waals surface area contributed by atoms with Crippen molar-refractivity contribution in [2.45, 2.75) is 39.7 Å². The molecular formula is C14H18N4O2. The topological polar surface area (TPSA) is 80.9 Å². The number of aryl methyl sites for hydroxylation is 3. The summed E-state index contributed by atoms with van der Waals surface area (Å²) < 4.78 is 4.99. The van der Waals surface area contributed by atoms with Gasteiger partial charge in [-0.15, -0.1) is 0 Å². The van der Waals surface area contributed by atoms with E-state index in [0.717, 1.165) is 11.4 Å². The zero-order valence-electron chi connectivity index (χ0n) is 11.7. The molecule has 1 amide bonds. The molecule has 20 heavy (non-hydrogen) atoms. The zero-order chi connectivity index (χ0) is 14.4. The van der Waals surface area contributed by atoms with E-state index in [1.807, 2.05) is 25.1 Å². The molecule has 0 saturated carbocycles. The lowest BCUT2D eigenvalue weighted by molar-refractivity contribution is -0.121. The van der Waals surface area contributed by atoms with E-state index in [2.05, 4.69) is 20.4 Å². The van der Waals surface area contributed by atoms with Crippen molar-refractivity contribution in [2.24, 2.45) is 0 Å². The fourth-order valence-corrected chi connectivity index (χ4v) is 1.82. The molecule has 0 aliphatic carbocycles. The van der Waals surface area contributed by atoms with Gasteiger partial charge in [-0.1, -0.05) is 11.2 Å². The Hall–Kier alpha value is -2.24. The summed E-state index contributed by atoms with van der Waals surface area (Å²) in [6, 6.07) is 5.76. The minimum atomic E-state index is 0.00421. The maximum absolute atomic E-state index is 11.7. The van der Waals surface area contributed by atoms with Crippen LogP contribution in [0.25, 0.3) is 0 Å². The molecule has 0 spiro atoms. The van der Waals surface area contributed by atoms with Crippen LogP contribution in [0.3, 0.4) is 0 Å². The van der Waals surface area contributed by atoms with E-state index in [-0.39, 0.29) is 5.91 Å². The van der Waals surface area contributed by atoms with Crippen molar-refractivity contribution in [2.75, 3.05) is 0 Å². The SMILES string of the molecule is Cc1cccc(CNC(=O)CCCc2nc(C)no2)n1. The fourth-order valence-electron chi connectivity index (χ4n) is 1.82. The summed E-state index contributed by atoms with van der Waals surface area (Å²) in [5.41, 5.74) is 1.81. The fraction of sp³-hybridized carbons (Fsp3) is 0.429. The highest BCUT2D eigenvalue weighted by atomic mass is 16.5. The molecule has 0 radical (unpaired) electrons. The Labute approximate surface area is 117 Å². The second-order valence-electron chi connectivity index (χ2n) is 4.64. The first-order chi connectivity index (χ1) is 9.63. The molecule has 0 aliphatic heterocycles. The Morgan fingerprint density at radius 3 is 2.85 bits per heavy atom. The van der Waals surface area contributed by atoms with Crippen LogP contribution in [0, 0.1) is 13.8 Å². The highest BCUT2D eigenvalue weighted by molar-refractivity contribution is 5.75. The Morgan fingerprint density at radius 2 is 2.15 bits per heavy atom. The minimum absolute atomic E-state index is 0.00421. The highest BCUT2D eigenvalue weighted by Gasteiger charge is 2.06. The number of hydrogen-bond donors (Lipinski definition) is 1. The quantitative estimate of drug-likeness (QED) is 0.867. The molecule has 2 heterocycles. The van der Waals surface area contributed by atoms with Crippen molar-refractivity contribution in [3.05, 3.63) is 41.3 Å². The maximum atomic E-state index is 11.7. The number of nitrogens with zero attached hydrogens (tertiary/aromatic N) is 3. The van der Waals surface area contributed by atoms with Gasteiger partial charge >= 0.3 is 0 Å². The van der Waals surface area contributed by atoms with Crippen LogP contribution in [0.2, 0.25) is 0 Å². The number of pyridine rings is 1. The van der Waals surface area contributed by atoms with Crippen LogP contribution in [-0.2, 0) is 17.8 Å². The Balaban J connectivity index is 1.68. The standard InChI is InChI=1S/C14H18N4O2/c1-10-5-3-6-12(16-10)9-15-13(19)7-4-8-14-17-11(2)18-20-14/h3,5-6H,4,7-9H2,1-2H3,(H,15,19). The second-order valence-corrected chi connectivity index (χ2v) is 4.64. The first kappa shape index (κ1) is 14.2. The first-order valence-electron chi connectivity index (χ1n) is 6.62. The number of carbonyl (C=O) groups excluding carboxylic acids is 1. The minimum Gasteiger partial charge on any atom is -0.350 e. The predicted molar refractivity (Wildman–Crippen MR) is 72.8 cm³/mol. The van der Waals surface area contributed by atoms with E-state index < -0.39 is 0 Å². The third-order valence-electron chi connectivity index (χ3n) is 2.78. The highest BCUT2D eigenvalue weighted by Crippen LogP contribution is 2.03. The summed E-state index contributed by atoms with van der Waals surface area (Å²) in [5, 5.41) is 6.55. The third kappa shape index (κ3) is 4.46. The van der Waals surface area contributed by atoms with Gasteiger partial charge in [-0.25, -0.2) is 0 Å². The van der Waals surface area contributed by atoms with Gasteiger partial charge < -0.3 is 9.84 Å². The molecule has 0 aromatic carbocycles. The summed E-state index contributed by atoms with van der Waals surface area (Å²) in [6.45, 7) is 4.16. The van der Waals surface area contributed by atoms with Crippen LogP contribution in [-0.4, -0.2) is 21.0 Å². The van der Waals surface area contributed by atoms with Crippen LogP contribution in [0.1, 0.15) is 35.9 Å². The van der Waals surface area contributed by atoms with Gasteiger partial charge in [0.15, 0.2) is 5.82 Å². The average molecular weight is 274 g/mol. The van der Waals surface area contributed by atoms with Gasteiger partial charge in [0.25, 0.3) is 0 Å². The Morgan fingerprint density at radius 1 is 1.30 bits per heavy atom. The molecule has 106 valence electrons. The smallest absolute Gasteiger partial charge is 0.226 e. The van der Waals surface area contributed by atoms with Crippen molar-refractivity contribution in [3.63, 3.8) is 0 Å². The van der Waals surface area contributed by atoms with Gasteiger partial charge in [0.1, 0.15) is 0 Å². The monoisotopic (exact) mass is 274 g/mol. The number of nitrogens with one attached hydrogen (secondary N) is 1. The largest absolute Gasteiger partial charge is 0.350 e. The predicted octanol–water partition coefficient (Wildman–Crippen LogP) is 1.72. The van der Waals surface area contributed by atoms with E-state index in [0.29, 0.717) is 37.5 Å². The molecule has 0 atom stereocenters. The molecule has 2 aromatic rings. The zero-order valence-corrected chi connectivity index (χ0v) is 11.7. The molecule has 6 heteroatoms. The lowest BCUT2D eigenvalue weighted by atomic mass is 10.2. The molecule has 0 saturated heterocycles. The lowest BCUT2D eigenvalue weighted by Crippen LogP contribution is -2.23. The van der Waals surface area contributed by atoms with Gasteiger partial charge in [-0.05, 0) is 32.4 Å². The molecular weight excluding hydrogens is 256 g/mol. The van der Waals surface area contributed by atoms with Crippen LogP contribution >= 0.6 is 0 Å².